The molecule has 1 heterocycles. The highest BCUT2D eigenvalue weighted by Crippen LogP contribution is 2.44. The van der Waals surface area contributed by atoms with Crippen LogP contribution in [0.25, 0.3) is 10.2 Å². The lowest BCUT2D eigenvalue weighted by Crippen LogP contribution is -2.25. The lowest BCUT2D eigenvalue weighted by molar-refractivity contribution is 0.156. The second kappa shape index (κ2) is 14.6. The monoisotopic (exact) mass is 557 g/mol. The first-order chi connectivity index (χ1) is 19.6. The molecule has 0 bridgehead atoms. The molecule has 3 nitrogen and oxygen atoms in total. The number of hydrogen-bond donors (Lipinski definition) is 0. The van der Waals surface area contributed by atoms with Gasteiger partial charge in [-0.05, 0) is 110 Å². The summed E-state index contributed by atoms with van der Waals surface area (Å²) in [5.74, 6) is 3.70. The summed E-state index contributed by atoms with van der Waals surface area (Å²) in [6, 6.07) is 15.6. The number of hydrazone groups is 1. The highest BCUT2D eigenvalue weighted by Gasteiger charge is 2.31. The van der Waals surface area contributed by atoms with E-state index in [0.29, 0.717) is 5.92 Å². The van der Waals surface area contributed by atoms with Gasteiger partial charge in [-0.25, -0.2) is 9.99 Å². The Hall–Kier alpha value is -2.20. The summed E-state index contributed by atoms with van der Waals surface area (Å²) < 4.78 is 1.23. The number of unbranched alkanes of at least 4 members (excludes halogenated alkanes) is 3. The minimum Gasteiger partial charge on any atom is -0.239 e. The molecular formula is C36H51N3S. The van der Waals surface area contributed by atoms with E-state index in [-0.39, 0.29) is 0 Å². The van der Waals surface area contributed by atoms with Crippen LogP contribution < -0.4 is 5.01 Å². The predicted octanol–water partition coefficient (Wildman–Crippen LogP) is 10.9. The number of rotatable bonds is 12. The van der Waals surface area contributed by atoms with Crippen molar-refractivity contribution in [1.82, 2.24) is 4.98 Å². The standard InChI is InChI=1S/C36H51N3S/c1-4-6-7-10-24-39(36-38-34-12-8-9-13-35(34)40-36)37-26-33-25-32(17-14-27(33)3)31-22-20-30(21-23-31)29-18-15-28(11-5-2)16-19-29/h8-9,12-14,17,25-26,28-31H,4-7,10-11,15-16,18-24H2,1-3H3/b37-26+. The summed E-state index contributed by atoms with van der Waals surface area (Å²) in [6.45, 7) is 7.76. The van der Waals surface area contributed by atoms with Crippen molar-refractivity contribution in [3.8, 4) is 0 Å². The molecule has 0 unspecified atom stereocenters. The Morgan fingerprint density at radius 3 is 2.35 bits per heavy atom. The summed E-state index contributed by atoms with van der Waals surface area (Å²) in [4.78, 5) is 4.93. The van der Waals surface area contributed by atoms with E-state index in [1.54, 1.807) is 11.3 Å². The molecule has 0 atom stereocenters. The van der Waals surface area contributed by atoms with Gasteiger partial charge in [0, 0.05) is 6.54 Å². The normalized spacial score (nSPS) is 23.7. The van der Waals surface area contributed by atoms with Crippen LogP contribution in [0, 0.1) is 24.7 Å². The van der Waals surface area contributed by atoms with E-state index in [0.717, 1.165) is 41.4 Å². The van der Waals surface area contributed by atoms with Crippen molar-refractivity contribution in [2.24, 2.45) is 22.9 Å². The number of para-hydroxylation sites is 1. The fraction of sp³-hybridized carbons (Fsp3) is 0.611. The molecule has 0 spiro atoms. The maximum Gasteiger partial charge on any atom is 0.207 e. The molecule has 216 valence electrons. The molecule has 1 aromatic heterocycles. The predicted molar refractivity (Wildman–Crippen MR) is 175 cm³/mol. The summed E-state index contributed by atoms with van der Waals surface area (Å²) in [6.07, 6.45) is 21.4. The zero-order valence-electron chi connectivity index (χ0n) is 25.3. The van der Waals surface area contributed by atoms with E-state index in [4.69, 9.17) is 10.1 Å². The molecule has 2 aliphatic carbocycles. The van der Waals surface area contributed by atoms with Crippen molar-refractivity contribution >= 4 is 32.9 Å². The quantitative estimate of drug-likeness (QED) is 0.126. The number of nitrogens with zero attached hydrogens (tertiary/aromatic N) is 3. The van der Waals surface area contributed by atoms with Crippen LogP contribution in [-0.4, -0.2) is 17.7 Å². The highest BCUT2D eigenvalue weighted by atomic mass is 32.1. The fourth-order valence-electron chi connectivity index (χ4n) is 7.33. The van der Waals surface area contributed by atoms with Gasteiger partial charge in [-0.3, -0.25) is 0 Å². The van der Waals surface area contributed by atoms with Crippen molar-refractivity contribution in [3.05, 3.63) is 59.2 Å². The van der Waals surface area contributed by atoms with Crippen LogP contribution in [0.5, 0.6) is 0 Å². The Balaban J connectivity index is 1.23. The molecule has 0 N–H and O–H groups in total. The first-order valence-electron chi connectivity index (χ1n) is 16.4. The molecule has 2 aromatic carbocycles. The van der Waals surface area contributed by atoms with Gasteiger partial charge in [-0.15, -0.1) is 0 Å². The van der Waals surface area contributed by atoms with E-state index in [9.17, 15) is 0 Å². The second-order valence-corrected chi connectivity index (χ2v) is 13.7. The molecule has 40 heavy (non-hydrogen) atoms. The summed E-state index contributed by atoms with van der Waals surface area (Å²) >= 11 is 1.75. The molecule has 4 heteroatoms. The summed E-state index contributed by atoms with van der Waals surface area (Å²) in [5.41, 5.74) is 5.15. The Morgan fingerprint density at radius 2 is 1.62 bits per heavy atom. The molecule has 3 aromatic rings. The smallest absolute Gasteiger partial charge is 0.207 e. The third kappa shape index (κ3) is 7.55. The summed E-state index contributed by atoms with van der Waals surface area (Å²) in [5, 5.41) is 8.20. The molecule has 2 fully saturated rings. The molecule has 5 rings (SSSR count). The van der Waals surface area contributed by atoms with Crippen molar-refractivity contribution < 1.29 is 0 Å². The van der Waals surface area contributed by atoms with E-state index in [2.05, 4.69) is 74.5 Å². The van der Waals surface area contributed by atoms with Gasteiger partial charge in [-0.1, -0.05) is 94.4 Å². The van der Waals surface area contributed by atoms with Gasteiger partial charge in [0.25, 0.3) is 0 Å². The third-order valence-corrected chi connectivity index (χ3v) is 10.9. The van der Waals surface area contributed by atoms with E-state index >= 15 is 0 Å². The Labute approximate surface area is 247 Å². The molecule has 0 aliphatic heterocycles. The second-order valence-electron chi connectivity index (χ2n) is 12.7. The van der Waals surface area contributed by atoms with Gasteiger partial charge in [0.05, 0.1) is 16.4 Å². The van der Waals surface area contributed by atoms with Gasteiger partial charge in [-0.2, -0.15) is 5.10 Å². The summed E-state index contributed by atoms with van der Waals surface area (Å²) in [7, 11) is 0. The first-order valence-corrected chi connectivity index (χ1v) is 17.2. The molecular weight excluding hydrogens is 506 g/mol. The van der Waals surface area contributed by atoms with Crippen LogP contribution in [0.15, 0.2) is 47.6 Å². The number of thiazole rings is 1. The number of fused-ring (bicyclic) bond motifs is 1. The molecule has 0 radical (unpaired) electrons. The maximum atomic E-state index is 5.05. The van der Waals surface area contributed by atoms with Crippen molar-refractivity contribution in [1.29, 1.82) is 0 Å². The van der Waals surface area contributed by atoms with Gasteiger partial charge >= 0.3 is 0 Å². The van der Waals surface area contributed by atoms with Crippen LogP contribution in [0.4, 0.5) is 5.13 Å². The molecule has 0 saturated heterocycles. The molecule has 2 saturated carbocycles. The van der Waals surface area contributed by atoms with Gasteiger partial charge in [0.2, 0.25) is 5.13 Å². The highest BCUT2D eigenvalue weighted by molar-refractivity contribution is 7.22. The van der Waals surface area contributed by atoms with E-state index < -0.39 is 0 Å². The molecule has 0 amide bonds. The largest absolute Gasteiger partial charge is 0.239 e. The SMILES string of the molecule is CCCCCCN(/N=C/c1cc(C2CCC(C3CCC(CCC)CC3)CC2)ccc1C)c1nc2ccccc2s1. The zero-order chi connectivity index (χ0) is 27.7. The third-order valence-electron chi connectivity index (χ3n) is 9.86. The minimum absolute atomic E-state index is 0.704. The van der Waals surface area contributed by atoms with Gasteiger partial charge in [0.1, 0.15) is 0 Å². The van der Waals surface area contributed by atoms with E-state index in [1.807, 2.05) is 0 Å². The van der Waals surface area contributed by atoms with E-state index in [1.165, 1.54) is 105 Å². The van der Waals surface area contributed by atoms with Crippen LogP contribution in [0.2, 0.25) is 0 Å². The lowest BCUT2D eigenvalue weighted by atomic mass is 9.68. The lowest BCUT2D eigenvalue weighted by Gasteiger charge is -2.38. The number of aromatic nitrogens is 1. The average Bonchev–Trinajstić information content (AvgIpc) is 3.42. The Kier molecular flexibility index (Phi) is 10.7. The number of hydrogen-bond acceptors (Lipinski definition) is 4. The molecule has 2 aliphatic rings. The van der Waals surface area contributed by atoms with Crippen LogP contribution in [0.1, 0.15) is 126 Å². The zero-order valence-corrected chi connectivity index (χ0v) is 26.1. The average molecular weight is 558 g/mol. The minimum atomic E-state index is 0.704. The van der Waals surface area contributed by atoms with Crippen LogP contribution in [-0.2, 0) is 0 Å². The number of benzene rings is 2. The number of aryl methyl sites for hydroxylation is 1. The maximum absolute atomic E-state index is 5.05. The van der Waals surface area contributed by atoms with Crippen molar-refractivity contribution in [3.63, 3.8) is 0 Å². The van der Waals surface area contributed by atoms with Crippen LogP contribution >= 0.6 is 11.3 Å². The van der Waals surface area contributed by atoms with Crippen LogP contribution in [0.3, 0.4) is 0 Å². The fourth-order valence-corrected chi connectivity index (χ4v) is 8.28. The topological polar surface area (TPSA) is 28.5 Å². The Morgan fingerprint density at radius 1 is 0.875 bits per heavy atom. The van der Waals surface area contributed by atoms with Gasteiger partial charge < -0.3 is 0 Å². The first kappa shape index (κ1) is 29.3. The van der Waals surface area contributed by atoms with Crippen molar-refractivity contribution in [2.75, 3.05) is 11.6 Å². The Bertz CT molecular complexity index is 1180. The van der Waals surface area contributed by atoms with Gasteiger partial charge in [0.15, 0.2) is 0 Å². The van der Waals surface area contributed by atoms with Crippen molar-refractivity contribution in [2.45, 2.75) is 117 Å². The number of anilines is 1.